The normalized spacial score (nSPS) is 13.6. The van der Waals surface area contributed by atoms with Gasteiger partial charge in [-0.25, -0.2) is 0 Å². The Kier molecular flexibility index (Phi) is 6.17. The summed E-state index contributed by atoms with van der Waals surface area (Å²) in [5.74, 6) is 7.54. The van der Waals surface area contributed by atoms with Crippen LogP contribution in [0.4, 0.5) is 0 Å². The minimum Gasteiger partial charge on any atom is -0.491 e. The highest BCUT2D eigenvalue weighted by Crippen LogP contribution is 2.32. The zero-order chi connectivity index (χ0) is 14.5. The molecule has 1 atom stereocenters. The molecule has 0 radical (unpaired) electrons. The third-order valence-corrected chi connectivity index (χ3v) is 3.91. The molecule has 0 aliphatic rings. The first-order chi connectivity index (χ1) is 8.83. The van der Waals surface area contributed by atoms with Gasteiger partial charge < -0.3 is 4.74 Å². The van der Waals surface area contributed by atoms with Gasteiger partial charge in [0, 0.05) is 16.1 Å². The molecular weight excluding hydrogens is 256 g/mol. The van der Waals surface area contributed by atoms with E-state index in [0.717, 1.165) is 17.1 Å². The lowest BCUT2D eigenvalue weighted by Gasteiger charge is -2.24. The lowest BCUT2D eigenvalue weighted by atomic mass is 10.1. The number of nitrogens with one attached hydrogen (secondary N) is 1. The predicted octanol–water partition coefficient (Wildman–Crippen LogP) is 3.51. The average molecular weight is 282 g/mol. The summed E-state index contributed by atoms with van der Waals surface area (Å²) in [4.78, 5) is 0. The van der Waals surface area contributed by atoms with Crippen LogP contribution in [0.15, 0.2) is 24.3 Å². The van der Waals surface area contributed by atoms with Gasteiger partial charge in [0.25, 0.3) is 0 Å². The number of hydrogen-bond acceptors (Lipinski definition) is 4. The number of nitrogens with two attached hydrogens (primary N) is 1. The highest BCUT2D eigenvalue weighted by Gasteiger charge is 2.19. The highest BCUT2D eigenvalue weighted by atomic mass is 32.2. The molecule has 1 aromatic carbocycles. The van der Waals surface area contributed by atoms with Crippen LogP contribution in [0.25, 0.3) is 0 Å². The largest absolute Gasteiger partial charge is 0.491 e. The van der Waals surface area contributed by atoms with Gasteiger partial charge >= 0.3 is 0 Å². The number of thioether (sulfide) groups is 1. The van der Waals surface area contributed by atoms with Crippen molar-refractivity contribution in [3.8, 4) is 5.75 Å². The first-order valence-electron chi connectivity index (χ1n) is 6.69. The summed E-state index contributed by atoms with van der Waals surface area (Å²) in [6.45, 7) is 10.7. The van der Waals surface area contributed by atoms with Crippen LogP contribution in [0.3, 0.4) is 0 Å². The van der Waals surface area contributed by atoms with Gasteiger partial charge in [-0.2, -0.15) is 11.8 Å². The maximum atomic E-state index is 5.86. The van der Waals surface area contributed by atoms with E-state index >= 15 is 0 Å². The third kappa shape index (κ3) is 5.85. The van der Waals surface area contributed by atoms with E-state index in [1.807, 2.05) is 43.8 Å². The van der Waals surface area contributed by atoms with Crippen molar-refractivity contribution in [1.29, 1.82) is 0 Å². The molecule has 0 bridgehead atoms. The van der Waals surface area contributed by atoms with Gasteiger partial charge in [-0.1, -0.05) is 39.0 Å². The summed E-state index contributed by atoms with van der Waals surface area (Å²) >= 11 is 1.89. The summed E-state index contributed by atoms with van der Waals surface area (Å²) in [6, 6.07) is 8.19. The molecule has 1 aromatic rings. The Labute approximate surface area is 121 Å². The van der Waals surface area contributed by atoms with Crippen molar-refractivity contribution in [3.63, 3.8) is 0 Å². The predicted molar refractivity (Wildman–Crippen MR) is 84.5 cm³/mol. The van der Waals surface area contributed by atoms with Crippen LogP contribution < -0.4 is 16.0 Å². The monoisotopic (exact) mass is 282 g/mol. The van der Waals surface area contributed by atoms with Crippen LogP contribution in [0.5, 0.6) is 5.75 Å². The number of hydrogen-bond donors (Lipinski definition) is 2. The second-order valence-electron chi connectivity index (χ2n) is 5.85. The molecule has 4 heteroatoms. The van der Waals surface area contributed by atoms with Crippen LogP contribution >= 0.6 is 11.8 Å². The fraction of sp³-hybridized carbons (Fsp3) is 0.600. The Bertz CT molecular complexity index is 388. The van der Waals surface area contributed by atoms with Gasteiger partial charge in [0.1, 0.15) is 5.75 Å². The van der Waals surface area contributed by atoms with E-state index in [1.54, 1.807) is 0 Å². The third-order valence-electron chi connectivity index (χ3n) is 2.54. The number of para-hydroxylation sites is 1. The van der Waals surface area contributed by atoms with Crippen molar-refractivity contribution < 1.29 is 4.74 Å². The minimum atomic E-state index is 0.0965. The first kappa shape index (κ1) is 16.3. The van der Waals surface area contributed by atoms with Crippen molar-refractivity contribution in [2.75, 3.05) is 5.75 Å². The molecular formula is C15H26N2OS. The Morgan fingerprint density at radius 2 is 1.89 bits per heavy atom. The zero-order valence-electron chi connectivity index (χ0n) is 12.6. The molecule has 1 unspecified atom stereocenters. The van der Waals surface area contributed by atoms with Crippen molar-refractivity contribution >= 4 is 11.8 Å². The molecule has 3 N–H and O–H groups in total. The molecule has 19 heavy (non-hydrogen) atoms. The molecule has 0 heterocycles. The molecule has 0 aromatic heterocycles. The van der Waals surface area contributed by atoms with Gasteiger partial charge in [0.05, 0.1) is 12.1 Å². The highest BCUT2D eigenvalue weighted by molar-refractivity contribution is 8.00. The Hall–Kier alpha value is -0.710. The summed E-state index contributed by atoms with van der Waals surface area (Å²) in [7, 11) is 0. The molecule has 108 valence electrons. The molecule has 0 saturated heterocycles. The number of hydrazine groups is 1. The minimum absolute atomic E-state index is 0.0965. The van der Waals surface area contributed by atoms with Gasteiger partial charge in [-0.15, -0.1) is 0 Å². The van der Waals surface area contributed by atoms with Crippen LogP contribution in [-0.2, 0) is 0 Å². The molecule has 3 nitrogen and oxygen atoms in total. The van der Waals surface area contributed by atoms with Gasteiger partial charge in [-0.3, -0.25) is 11.3 Å². The van der Waals surface area contributed by atoms with Crippen molar-refractivity contribution in [2.45, 2.75) is 51.5 Å². The Morgan fingerprint density at radius 3 is 2.42 bits per heavy atom. The van der Waals surface area contributed by atoms with E-state index in [4.69, 9.17) is 10.6 Å². The van der Waals surface area contributed by atoms with Crippen molar-refractivity contribution in [2.24, 2.45) is 5.84 Å². The number of benzene rings is 1. The van der Waals surface area contributed by atoms with E-state index < -0.39 is 0 Å². The van der Waals surface area contributed by atoms with Crippen LogP contribution in [-0.4, -0.2) is 16.6 Å². The SMILES string of the molecule is CC(C)Oc1ccccc1C(CSC(C)(C)C)NN. The van der Waals surface area contributed by atoms with E-state index in [1.165, 1.54) is 0 Å². The fourth-order valence-electron chi connectivity index (χ4n) is 1.69. The molecule has 0 spiro atoms. The topological polar surface area (TPSA) is 47.3 Å². The second-order valence-corrected chi connectivity index (χ2v) is 7.69. The van der Waals surface area contributed by atoms with Crippen molar-refractivity contribution in [1.82, 2.24) is 5.43 Å². The Morgan fingerprint density at radius 1 is 1.26 bits per heavy atom. The van der Waals surface area contributed by atoms with Gasteiger partial charge in [-0.05, 0) is 19.9 Å². The van der Waals surface area contributed by atoms with E-state index in [0.29, 0.717) is 0 Å². The summed E-state index contributed by atoms with van der Waals surface area (Å²) in [5, 5.41) is 0. The Balaban J connectivity index is 2.85. The maximum absolute atomic E-state index is 5.86. The summed E-state index contributed by atoms with van der Waals surface area (Å²) in [6.07, 6.45) is 0.162. The fourth-order valence-corrected chi connectivity index (χ4v) is 2.63. The molecule has 0 amide bonds. The smallest absolute Gasteiger partial charge is 0.124 e. The molecule has 0 aliphatic heterocycles. The van der Waals surface area contributed by atoms with E-state index in [9.17, 15) is 0 Å². The van der Waals surface area contributed by atoms with Crippen molar-refractivity contribution in [3.05, 3.63) is 29.8 Å². The number of ether oxygens (including phenoxy) is 1. The van der Waals surface area contributed by atoms with E-state index in [2.05, 4.69) is 32.3 Å². The lowest BCUT2D eigenvalue weighted by Crippen LogP contribution is -2.31. The maximum Gasteiger partial charge on any atom is 0.124 e. The van der Waals surface area contributed by atoms with Crippen LogP contribution in [0, 0.1) is 0 Å². The van der Waals surface area contributed by atoms with Gasteiger partial charge in [0.15, 0.2) is 0 Å². The average Bonchev–Trinajstić information content (AvgIpc) is 2.29. The second kappa shape index (κ2) is 7.17. The van der Waals surface area contributed by atoms with E-state index in [-0.39, 0.29) is 16.9 Å². The zero-order valence-corrected chi connectivity index (χ0v) is 13.4. The van der Waals surface area contributed by atoms with Gasteiger partial charge in [0.2, 0.25) is 0 Å². The van der Waals surface area contributed by atoms with Crippen LogP contribution in [0.2, 0.25) is 0 Å². The molecule has 0 saturated carbocycles. The summed E-state index contributed by atoms with van der Waals surface area (Å²) < 4.78 is 6.08. The quantitative estimate of drug-likeness (QED) is 0.619. The number of rotatable bonds is 6. The molecule has 1 rings (SSSR count). The summed E-state index contributed by atoms with van der Waals surface area (Å²) in [5.41, 5.74) is 4.02. The molecule has 0 fully saturated rings. The van der Waals surface area contributed by atoms with Crippen LogP contribution in [0.1, 0.15) is 46.2 Å². The lowest BCUT2D eigenvalue weighted by molar-refractivity contribution is 0.238. The molecule has 0 aliphatic carbocycles. The first-order valence-corrected chi connectivity index (χ1v) is 7.67. The standard InChI is InChI=1S/C15H26N2OS/c1-11(2)18-14-9-7-6-8-12(14)13(17-16)10-19-15(3,4)5/h6-9,11,13,17H,10,16H2,1-5H3.